The molecule has 2 unspecified atom stereocenters. The van der Waals surface area contributed by atoms with Gasteiger partial charge < -0.3 is 21.1 Å². The van der Waals surface area contributed by atoms with Crippen LogP contribution in [0.2, 0.25) is 0 Å². The monoisotopic (exact) mass is 544 g/mol. The molecule has 0 fully saturated rings. The van der Waals surface area contributed by atoms with Gasteiger partial charge in [-0.3, -0.25) is 9.59 Å². The van der Waals surface area contributed by atoms with Crippen molar-refractivity contribution in [2.75, 3.05) is 12.8 Å². The third-order valence-electron chi connectivity index (χ3n) is 5.83. The van der Waals surface area contributed by atoms with Crippen LogP contribution >= 0.6 is 12.6 Å². The van der Waals surface area contributed by atoms with E-state index in [0.29, 0.717) is 36.2 Å². The first-order chi connectivity index (χ1) is 17.3. The number of carbonyl (C=O) groups excluding carboxylic acids is 2. The number of aromatic nitrogens is 1. The summed E-state index contributed by atoms with van der Waals surface area (Å²) in [5.74, 6) is -1.33. The molecule has 37 heavy (non-hydrogen) atoms. The lowest BCUT2D eigenvalue weighted by Crippen LogP contribution is -2.47. The number of nitrogens with one attached hydrogen (secondary N) is 1. The van der Waals surface area contributed by atoms with Crippen LogP contribution in [0.1, 0.15) is 75.9 Å². The normalized spacial score (nSPS) is 16.0. The number of nitrogens with two attached hydrogens (primary N) is 1. The highest BCUT2D eigenvalue weighted by Crippen LogP contribution is 2.35. The van der Waals surface area contributed by atoms with E-state index in [4.69, 9.17) is 11.1 Å². The van der Waals surface area contributed by atoms with Gasteiger partial charge in [0.15, 0.2) is 11.5 Å². The van der Waals surface area contributed by atoms with Crippen molar-refractivity contribution in [1.82, 2.24) is 9.88 Å². The number of hydrogen-bond acceptors (Lipinski definition) is 7. The van der Waals surface area contributed by atoms with Gasteiger partial charge in [0, 0.05) is 42.1 Å². The number of carbonyl (C=O) groups is 2. The van der Waals surface area contributed by atoms with Gasteiger partial charge in [-0.1, -0.05) is 40.7 Å². The Morgan fingerprint density at radius 2 is 1.95 bits per heavy atom. The van der Waals surface area contributed by atoms with E-state index in [1.54, 1.807) is 6.26 Å². The Kier molecular flexibility index (Phi) is 14.9. The maximum absolute atomic E-state index is 12.9. The van der Waals surface area contributed by atoms with Gasteiger partial charge in [0.25, 0.3) is 5.91 Å². The number of aromatic hydroxyl groups is 1. The lowest BCUT2D eigenvalue weighted by Gasteiger charge is -2.38. The molecule has 0 aromatic carbocycles. The number of hydrogen-bond donors (Lipinski definition) is 4. The molecule has 0 saturated carbocycles. The quantitative estimate of drug-likeness (QED) is 0.187. The summed E-state index contributed by atoms with van der Waals surface area (Å²) >= 11 is 3.53. The Morgan fingerprint density at radius 3 is 2.35 bits per heavy atom. The smallest absolute Gasteiger partial charge is 0.437 e. The molecule has 7 nitrogen and oxygen atoms in total. The van der Waals surface area contributed by atoms with Crippen LogP contribution in [0.5, 0.6) is 5.75 Å². The summed E-state index contributed by atoms with van der Waals surface area (Å²) in [5.41, 5.74) is 6.07. The zero-order valence-electron chi connectivity index (χ0n) is 22.2. The van der Waals surface area contributed by atoms with Gasteiger partial charge in [-0.2, -0.15) is 25.8 Å². The van der Waals surface area contributed by atoms with Crippen LogP contribution in [-0.4, -0.2) is 51.2 Å². The highest BCUT2D eigenvalue weighted by atomic mass is 32.1. The molecule has 1 aliphatic rings. The third kappa shape index (κ3) is 9.53. The number of ketones is 1. The molecule has 0 aliphatic carbocycles. The summed E-state index contributed by atoms with van der Waals surface area (Å²) in [6.07, 6.45) is 2.17. The number of thiol groups is 1. The Bertz CT molecular complexity index is 980. The average Bonchev–Trinajstić information content (AvgIpc) is 2.87. The van der Waals surface area contributed by atoms with E-state index in [-0.39, 0.29) is 23.8 Å². The molecule has 1 aliphatic heterocycles. The zero-order valence-corrected chi connectivity index (χ0v) is 23.0. The number of halogens is 3. The number of alkyl halides is 3. The highest BCUT2D eigenvalue weighted by Gasteiger charge is 2.37. The molecule has 0 spiro atoms. The molecule has 2 rings (SSSR count). The maximum atomic E-state index is 12.9. The topological polar surface area (TPSA) is 120 Å². The zero-order chi connectivity index (χ0) is 28.9. The molecule has 1 aromatic rings. The van der Waals surface area contributed by atoms with Crippen molar-refractivity contribution in [2.45, 2.75) is 72.0 Å². The summed E-state index contributed by atoms with van der Waals surface area (Å²) in [6, 6.07) is 0.346. The first-order valence-electron chi connectivity index (χ1n) is 12.1. The molecule has 1 aromatic heterocycles. The predicted molar refractivity (Wildman–Crippen MR) is 144 cm³/mol. The summed E-state index contributed by atoms with van der Waals surface area (Å²) in [4.78, 5) is 28.2. The number of allylic oxidation sites excluding steroid dienone is 1. The van der Waals surface area contributed by atoms with E-state index >= 15 is 0 Å². The molecule has 0 saturated heterocycles. The molecule has 208 valence electrons. The van der Waals surface area contributed by atoms with Gasteiger partial charge >= 0.3 is 6.18 Å². The summed E-state index contributed by atoms with van der Waals surface area (Å²) in [6.45, 7) is 11.4. The van der Waals surface area contributed by atoms with Gasteiger partial charge in [-0.15, -0.1) is 0 Å². The Morgan fingerprint density at radius 1 is 1.35 bits per heavy atom. The summed E-state index contributed by atoms with van der Waals surface area (Å²) in [7, 11) is 0. The minimum absolute atomic E-state index is 0.138. The molecular weight excluding hydrogens is 505 g/mol. The third-order valence-corrected chi connectivity index (χ3v) is 5.83. The Balaban J connectivity index is 0.00000111. The van der Waals surface area contributed by atoms with Crippen LogP contribution in [0.3, 0.4) is 0 Å². The van der Waals surface area contributed by atoms with E-state index < -0.39 is 29.6 Å². The van der Waals surface area contributed by atoms with Crippen molar-refractivity contribution in [1.29, 1.82) is 5.41 Å². The highest BCUT2D eigenvalue weighted by molar-refractivity contribution is 7.79. The first kappa shape index (κ1) is 34.2. The van der Waals surface area contributed by atoms with Crippen molar-refractivity contribution < 1.29 is 27.9 Å². The predicted octanol–water partition coefficient (Wildman–Crippen LogP) is 5.80. The largest absolute Gasteiger partial charge is 0.506 e. The van der Waals surface area contributed by atoms with Gasteiger partial charge in [0.05, 0.1) is 11.6 Å². The van der Waals surface area contributed by atoms with Crippen LogP contribution in [-0.2, 0) is 11.0 Å². The number of amides is 1. The molecule has 4 N–H and O–H groups in total. The maximum Gasteiger partial charge on any atom is 0.437 e. The van der Waals surface area contributed by atoms with Crippen molar-refractivity contribution in [2.24, 2.45) is 11.7 Å². The molecule has 0 radical (unpaired) electrons. The van der Waals surface area contributed by atoms with Crippen molar-refractivity contribution in [3.8, 4) is 5.75 Å². The van der Waals surface area contributed by atoms with Crippen LogP contribution in [0.25, 0.3) is 0 Å². The molecule has 0 bridgehead atoms. The lowest BCUT2D eigenvalue weighted by molar-refractivity contribution is -0.142. The van der Waals surface area contributed by atoms with Crippen LogP contribution in [0.15, 0.2) is 36.2 Å². The van der Waals surface area contributed by atoms with Crippen LogP contribution < -0.4 is 5.73 Å². The molecule has 11 heteroatoms. The second kappa shape index (κ2) is 16.1. The summed E-state index contributed by atoms with van der Waals surface area (Å²) in [5, 5.41) is 17.9. The van der Waals surface area contributed by atoms with E-state index in [1.807, 2.05) is 27.7 Å². The Hall–Kier alpha value is -2.82. The van der Waals surface area contributed by atoms with Crippen LogP contribution in [0.4, 0.5) is 13.2 Å². The lowest BCUT2D eigenvalue weighted by atomic mass is 9.89. The van der Waals surface area contributed by atoms with E-state index in [2.05, 4.69) is 24.2 Å². The first-order valence-corrected chi connectivity index (χ1v) is 13.0. The second-order valence-electron chi connectivity index (χ2n) is 8.35. The standard InChI is InChI=1S/C18H23F3N4O2.C7H12O.CH4S/c1-3-5-11(22)15-12(23)6-7-25(13(15)4-2)17(27)10-8-14(26)16(24-9-10)18(19,20)21;1-4-6(3)7(8)5-2;1-2/h8-9,13,22,26H,3-7,23H2,1-2H3;5-6H,2,4H2,1,3H3;2H,1H3. The van der Waals surface area contributed by atoms with E-state index in [9.17, 15) is 27.9 Å². The summed E-state index contributed by atoms with van der Waals surface area (Å²) < 4.78 is 38.2. The molecular formula is C26H39F3N4O3S. The van der Waals surface area contributed by atoms with E-state index in [1.165, 1.54) is 11.0 Å². The number of nitrogens with zero attached hydrogens (tertiary/aromatic N) is 2. The molecule has 2 atom stereocenters. The van der Waals surface area contributed by atoms with Crippen molar-refractivity contribution >= 4 is 30.0 Å². The average molecular weight is 545 g/mol. The fourth-order valence-corrected chi connectivity index (χ4v) is 3.71. The Labute approximate surface area is 222 Å². The van der Waals surface area contributed by atoms with Crippen LogP contribution in [0, 0.1) is 11.3 Å². The SMILES string of the molecule is C=CC(=O)C(C)CC.CCCC(=N)C1=C(N)CCN(C(=O)c2cnc(C(F)(F)F)c(O)c2)C1CC.CS. The van der Waals surface area contributed by atoms with Crippen molar-refractivity contribution in [3.05, 3.63) is 47.4 Å². The van der Waals surface area contributed by atoms with Gasteiger partial charge in [0.2, 0.25) is 0 Å². The van der Waals surface area contributed by atoms with Gasteiger partial charge in [-0.05, 0) is 37.7 Å². The van der Waals surface area contributed by atoms with Crippen molar-refractivity contribution in [3.63, 3.8) is 0 Å². The minimum atomic E-state index is -4.80. The molecule has 1 amide bonds. The fraction of sp³-hybridized carbons (Fsp3) is 0.538. The van der Waals surface area contributed by atoms with E-state index in [0.717, 1.165) is 25.1 Å². The van der Waals surface area contributed by atoms with Gasteiger partial charge in [0.1, 0.15) is 5.75 Å². The fourth-order valence-electron chi connectivity index (χ4n) is 3.71. The minimum Gasteiger partial charge on any atom is -0.506 e. The van der Waals surface area contributed by atoms with Gasteiger partial charge in [-0.25, -0.2) is 4.98 Å². The second-order valence-corrected chi connectivity index (χ2v) is 8.35. The number of pyridine rings is 1. The molecule has 2 heterocycles. The number of rotatable bonds is 8.